The predicted molar refractivity (Wildman–Crippen MR) is 152 cm³/mol. The molecule has 8 nitrogen and oxygen atoms in total. The van der Waals surface area contributed by atoms with Crippen molar-refractivity contribution in [3.05, 3.63) is 52.3 Å². The number of quaternary nitrogens is 2. The van der Waals surface area contributed by atoms with Crippen LogP contribution in [0.5, 0.6) is 0 Å². The van der Waals surface area contributed by atoms with Crippen LogP contribution in [0, 0.1) is 0 Å². The summed E-state index contributed by atoms with van der Waals surface area (Å²) in [7, 11) is 0. The topological polar surface area (TPSA) is 98.7 Å². The minimum atomic E-state index is -1.72. The molecular formula is C30H48N4O4+2. The Balaban J connectivity index is 1.91. The van der Waals surface area contributed by atoms with Crippen LogP contribution in [-0.2, 0) is 0 Å². The second kappa shape index (κ2) is 12.1. The summed E-state index contributed by atoms with van der Waals surface area (Å²) in [6, 6.07) is 5.21. The van der Waals surface area contributed by atoms with E-state index in [1.807, 2.05) is 0 Å². The van der Waals surface area contributed by atoms with E-state index >= 15 is 0 Å². The standard InChI is InChI=1S/C30H46N4O4/c1-7-33(8-2,9-3)20-18-31-23-15-13-14-22-25(23)29(37)26-24(35)16-17-30(38,27(26)28(22)36)32-19-21-34(10-4,11-5)12-6/h13-16,32,38H,7-12,17-21H2,1-6H3/p+2. The quantitative estimate of drug-likeness (QED) is 0.217. The number of likely N-dealkylation sites (N-methyl/N-ethyl adjacent to an activating group) is 2. The Bertz CT molecular complexity index is 1080. The second-order valence-electron chi connectivity index (χ2n) is 10.7. The number of ketones is 2. The summed E-state index contributed by atoms with van der Waals surface area (Å²) in [6.07, 6.45) is 1.45. The Morgan fingerprint density at radius 2 is 1.39 bits per heavy atom. The van der Waals surface area contributed by atoms with Gasteiger partial charge >= 0.3 is 0 Å². The first-order valence-corrected chi connectivity index (χ1v) is 14.4. The summed E-state index contributed by atoms with van der Waals surface area (Å²) < 4.78 is 1.84. The van der Waals surface area contributed by atoms with Crippen molar-refractivity contribution in [1.29, 1.82) is 0 Å². The van der Waals surface area contributed by atoms with Gasteiger partial charge in [0.25, 0.3) is 0 Å². The van der Waals surface area contributed by atoms with E-state index in [4.69, 9.17) is 0 Å². The molecule has 0 radical (unpaired) electrons. The third kappa shape index (κ3) is 5.45. The Morgan fingerprint density at radius 1 is 0.842 bits per heavy atom. The molecule has 0 fully saturated rings. The van der Waals surface area contributed by atoms with Crippen LogP contribution in [0.15, 0.2) is 41.2 Å². The number of rotatable bonds is 14. The molecule has 2 aliphatic carbocycles. The Morgan fingerprint density at radius 3 is 1.95 bits per heavy atom. The molecule has 0 amide bonds. The molecule has 0 bridgehead atoms. The molecule has 1 aromatic rings. The van der Waals surface area contributed by atoms with Gasteiger partial charge in [-0.05, 0) is 53.7 Å². The van der Waals surface area contributed by atoms with Gasteiger partial charge in [0.05, 0.1) is 75.6 Å². The van der Waals surface area contributed by atoms with Gasteiger partial charge in [-0.1, -0.05) is 12.1 Å². The predicted octanol–water partition coefficient (Wildman–Crippen LogP) is 3.65. The highest BCUT2D eigenvalue weighted by atomic mass is 16.3. The Labute approximate surface area is 228 Å². The molecule has 1 aromatic carbocycles. The lowest BCUT2D eigenvalue weighted by Crippen LogP contribution is -2.57. The van der Waals surface area contributed by atoms with Crippen LogP contribution in [0.1, 0.15) is 68.7 Å². The van der Waals surface area contributed by atoms with E-state index in [0.717, 1.165) is 61.3 Å². The van der Waals surface area contributed by atoms with Crippen molar-refractivity contribution in [3.8, 4) is 0 Å². The van der Waals surface area contributed by atoms with Crippen LogP contribution in [0.3, 0.4) is 0 Å². The van der Waals surface area contributed by atoms with E-state index in [-0.39, 0.29) is 34.5 Å². The first-order valence-electron chi connectivity index (χ1n) is 14.4. The minimum absolute atomic E-state index is 0.0133. The summed E-state index contributed by atoms with van der Waals surface area (Å²) in [5.41, 5.74) is -0.756. The van der Waals surface area contributed by atoms with Crippen molar-refractivity contribution >= 4 is 17.3 Å². The number of Topliss-reactive ketones (excluding diaryl/α,β-unsaturated/α-hetero) is 2. The Kier molecular flexibility index (Phi) is 9.57. The summed E-state index contributed by atoms with van der Waals surface area (Å²) in [5.74, 6) is -1.10. The van der Waals surface area contributed by atoms with Crippen LogP contribution in [0.25, 0.3) is 0 Å². The molecule has 3 rings (SSSR count). The summed E-state index contributed by atoms with van der Waals surface area (Å²) >= 11 is 0. The number of nitrogens with one attached hydrogen (secondary N) is 2. The number of fused-ring (bicyclic) bond motifs is 1. The van der Waals surface area contributed by atoms with Crippen LogP contribution < -0.4 is 10.6 Å². The lowest BCUT2D eigenvalue weighted by Gasteiger charge is -2.40. The molecule has 38 heavy (non-hydrogen) atoms. The highest BCUT2D eigenvalue weighted by molar-refractivity contribution is 6.30. The summed E-state index contributed by atoms with van der Waals surface area (Å²) in [5, 5.41) is 29.0. The van der Waals surface area contributed by atoms with Crippen molar-refractivity contribution in [1.82, 2.24) is 5.32 Å². The average Bonchev–Trinajstić information content (AvgIpc) is 2.94. The van der Waals surface area contributed by atoms with Crippen molar-refractivity contribution in [3.63, 3.8) is 0 Å². The zero-order chi connectivity index (χ0) is 28.1. The molecule has 0 heterocycles. The lowest BCUT2D eigenvalue weighted by atomic mass is 9.75. The maximum atomic E-state index is 13.8. The number of allylic oxidation sites excluding steroid dienone is 1. The number of nitrogens with zero attached hydrogens (tertiary/aromatic N) is 2. The number of hydrogen-bond acceptors (Lipinski definition) is 6. The zero-order valence-electron chi connectivity index (χ0n) is 24.2. The third-order valence-electron chi connectivity index (χ3n) is 9.43. The maximum absolute atomic E-state index is 13.8. The van der Waals surface area contributed by atoms with Gasteiger partial charge in [-0.15, -0.1) is 0 Å². The van der Waals surface area contributed by atoms with Crippen molar-refractivity contribution in [2.75, 3.05) is 70.8 Å². The molecule has 0 saturated carbocycles. The molecule has 0 spiro atoms. The molecular weight excluding hydrogens is 480 g/mol. The fourth-order valence-electron chi connectivity index (χ4n) is 6.09. The minimum Gasteiger partial charge on any atom is -0.508 e. The SMILES string of the molecule is CC[N+](CC)(CC)CCNc1cccc2c1C(=O)C1=C(C2=O)C(O)(NCC[N+](CC)(CC)CC)CC=C1O. The van der Waals surface area contributed by atoms with Gasteiger partial charge in [-0.25, -0.2) is 0 Å². The van der Waals surface area contributed by atoms with Crippen molar-refractivity contribution in [2.45, 2.75) is 53.7 Å². The fraction of sp³-hybridized carbons (Fsp3) is 0.600. The van der Waals surface area contributed by atoms with Gasteiger partial charge < -0.3 is 24.5 Å². The number of carbonyl (C=O) groups is 2. The van der Waals surface area contributed by atoms with E-state index in [1.165, 1.54) is 6.08 Å². The van der Waals surface area contributed by atoms with Crippen molar-refractivity contribution < 1.29 is 28.8 Å². The summed E-state index contributed by atoms with van der Waals surface area (Å²) in [6.45, 7) is 21.8. The number of anilines is 1. The lowest BCUT2D eigenvalue weighted by molar-refractivity contribution is -0.922. The molecule has 8 heteroatoms. The highest BCUT2D eigenvalue weighted by Gasteiger charge is 2.47. The molecule has 4 N–H and O–H groups in total. The first-order chi connectivity index (χ1) is 18.1. The van der Waals surface area contributed by atoms with E-state index in [0.29, 0.717) is 18.8 Å². The number of aliphatic hydroxyl groups excluding tert-OH is 1. The fourth-order valence-corrected chi connectivity index (χ4v) is 6.09. The molecule has 1 unspecified atom stereocenters. The molecule has 210 valence electrons. The first kappa shape index (κ1) is 30.0. The van der Waals surface area contributed by atoms with Gasteiger partial charge in [0.15, 0.2) is 17.3 Å². The second-order valence-corrected chi connectivity index (χ2v) is 10.7. The van der Waals surface area contributed by atoms with Crippen LogP contribution >= 0.6 is 0 Å². The van der Waals surface area contributed by atoms with Gasteiger partial charge in [-0.2, -0.15) is 0 Å². The van der Waals surface area contributed by atoms with E-state index < -0.39 is 17.3 Å². The molecule has 0 aliphatic heterocycles. The average molecular weight is 529 g/mol. The molecule has 2 aliphatic rings. The number of benzene rings is 1. The monoisotopic (exact) mass is 528 g/mol. The third-order valence-corrected chi connectivity index (χ3v) is 9.43. The van der Waals surface area contributed by atoms with Crippen LogP contribution in [-0.4, -0.2) is 102 Å². The van der Waals surface area contributed by atoms with E-state index in [1.54, 1.807) is 18.2 Å². The van der Waals surface area contributed by atoms with E-state index in [2.05, 4.69) is 52.2 Å². The smallest absolute Gasteiger partial charge is 0.200 e. The maximum Gasteiger partial charge on any atom is 0.200 e. The number of carbonyl (C=O) groups excluding carboxylic acids is 2. The normalized spacial score (nSPS) is 19.8. The zero-order valence-corrected chi connectivity index (χ0v) is 24.2. The Hall–Kier alpha value is -2.52. The van der Waals surface area contributed by atoms with E-state index in [9.17, 15) is 19.8 Å². The van der Waals surface area contributed by atoms with Gasteiger partial charge in [0.1, 0.15) is 5.76 Å². The number of hydrogen-bond donors (Lipinski definition) is 4. The highest BCUT2D eigenvalue weighted by Crippen LogP contribution is 2.41. The number of aliphatic hydroxyl groups is 2. The van der Waals surface area contributed by atoms with Gasteiger partial charge in [0.2, 0.25) is 0 Å². The van der Waals surface area contributed by atoms with Crippen LogP contribution in [0.4, 0.5) is 5.69 Å². The largest absolute Gasteiger partial charge is 0.508 e. The molecule has 1 atom stereocenters. The molecule has 0 saturated heterocycles. The summed E-state index contributed by atoms with van der Waals surface area (Å²) in [4.78, 5) is 27.6. The van der Waals surface area contributed by atoms with Crippen LogP contribution in [0.2, 0.25) is 0 Å². The molecule has 0 aromatic heterocycles. The van der Waals surface area contributed by atoms with Crippen molar-refractivity contribution in [2.24, 2.45) is 0 Å². The van der Waals surface area contributed by atoms with Gasteiger partial charge in [-0.3, -0.25) is 14.9 Å². The van der Waals surface area contributed by atoms with Gasteiger partial charge in [0, 0.05) is 24.2 Å².